The third-order valence-corrected chi connectivity index (χ3v) is 6.10. The van der Waals surface area contributed by atoms with Crippen LogP contribution in [0.15, 0.2) is 17.6 Å². The topological polar surface area (TPSA) is 55.1 Å². The number of rotatable bonds is 5. The molecular formula is C10H14N2O2S3. The monoisotopic (exact) mass is 290 g/mol. The number of nitrogens with zero attached hydrogens (tertiary/aromatic N) is 2. The number of aliphatic carboxylic acids is 1. The standard InChI is InChI=1S/C10H14N2O2S3/c13-9(14)7-17-10-11-1-2-12(10)5-8-6-15-3-4-16-8/h1-2,8H,3-7H2,(H,13,14). The van der Waals surface area contributed by atoms with Crippen LogP contribution in [0.2, 0.25) is 0 Å². The third kappa shape index (κ3) is 4.15. The number of thioether (sulfide) groups is 3. The molecule has 1 saturated heterocycles. The lowest BCUT2D eigenvalue weighted by Crippen LogP contribution is -2.20. The molecule has 1 N–H and O–H groups in total. The van der Waals surface area contributed by atoms with Crippen LogP contribution in [0.5, 0.6) is 0 Å². The van der Waals surface area contributed by atoms with Crippen LogP contribution in [0.3, 0.4) is 0 Å². The minimum atomic E-state index is -0.799. The summed E-state index contributed by atoms with van der Waals surface area (Å²) >= 11 is 5.28. The molecule has 1 atom stereocenters. The summed E-state index contributed by atoms with van der Waals surface area (Å²) in [6, 6.07) is 0. The maximum absolute atomic E-state index is 10.5. The van der Waals surface area contributed by atoms with Crippen molar-refractivity contribution >= 4 is 41.3 Å². The number of carbonyl (C=O) groups is 1. The van der Waals surface area contributed by atoms with Crippen LogP contribution in [-0.4, -0.2) is 48.9 Å². The Bertz CT molecular complexity index is 377. The number of imidazole rings is 1. The summed E-state index contributed by atoms with van der Waals surface area (Å²) in [4.78, 5) is 14.7. The second-order valence-electron chi connectivity index (χ2n) is 3.61. The average molecular weight is 290 g/mol. The molecule has 0 radical (unpaired) electrons. The normalized spacial score (nSPS) is 20.4. The van der Waals surface area contributed by atoms with Crippen LogP contribution in [0.4, 0.5) is 0 Å². The fourth-order valence-corrected chi connectivity index (χ4v) is 4.92. The van der Waals surface area contributed by atoms with E-state index in [1.165, 1.54) is 29.0 Å². The van der Waals surface area contributed by atoms with Crippen molar-refractivity contribution < 1.29 is 9.90 Å². The van der Waals surface area contributed by atoms with Gasteiger partial charge in [-0.2, -0.15) is 23.5 Å². The van der Waals surface area contributed by atoms with Crippen molar-refractivity contribution in [3.63, 3.8) is 0 Å². The molecule has 0 amide bonds. The third-order valence-electron chi connectivity index (χ3n) is 2.29. The van der Waals surface area contributed by atoms with Crippen molar-refractivity contribution in [1.29, 1.82) is 0 Å². The predicted molar refractivity (Wildman–Crippen MR) is 74.2 cm³/mol. The molecule has 7 heteroatoms. The first-order valence-corrected chi connectivity index (χ1v) is 8.49. The van der Waals surface area contributed by atoms with Gasteiger partial charge in [-0.15, -0.1) is 0 Å². The largest absolute Gasteiger partial charge is 0.481 e. The highest BCUT2D eigenvalue weighted by Gasteiger charge is 2.16. The van der Waals surface area contributed by atoms with Gasteiger partial charge in [0.2, 0.25) is 0 Å². The highest BCUT2D eigenvalue weighted by molar-refractivity contribution is 8.06. The molecule has 0 saturated carbocycles. The zero-order valence-corrected chi connectivity index (χ0v) is 11.7. The summed E-state index contributed by atoms with van der Waals surface area (Å²) in [5, 5.41) is 10.1. The zero-order chi connectivity index (χ0) is 12.1. The van der Waals surface area contributed by atoms with Crippen molar-refractivity contribution in [3.05, 3.63) is 12.4 Å². The Hall–Kier alpha value is -0.270. The molecule has 2 heterocycles. The van der Waals surface area contributed by atoms with Crippen LogP contribution in [0.25, 0.3) is 0 Å². The van der Waals surface area contributed by atoms with E-state index in [1.807, 2.05) is 29.7 Å². The summed E-state index contributed by atoms with van der Waals surface area (Å²) in [6.07, 6.45) is 3.68. The van der Waals surface area contributed by atoms with E-state index in [4.69, 9.17) is 5.11 Å². The van der Waals surface area contributed by atoms with E-state index in [0.29, 0.717) is 5.25 Å². The highest BCUT2D eigenvalue weighted by atomic mass is 32.2. The molecule has 2 rings (SSSR count). The lowest BCUT2D eigenvalue weighted by atomic mass is 10.4. The van der Waals surface area contributed by atoms with E-state index < -0.39 is 5.97 Å². The quantitative estimate of drug-likeness (QED) is 0.836. The van der Waals surface area contributed by atoms with Gasteiger partial charge in [0.25, 0.3) is 0 Å². The molecular weight excluding hydrogens is 276 g/mol. The van der Waals surface area contributed by atoms with E-state index in [1.54, 1.807) is 6.20 Å². The van der Waals surface area contributed by atoms with E-state index in [0.717, 1.165) is 11.7 Å². The number of hydrogen-bond acceptors (Lipinski definition) is 5. The van der Waals surface area contributed by atoms with Gasteiger partial charge in [-0.3, -0.25) is 4.79 Å². The number of carboxylic acids is 1. The number of aromatic nitrogens is 2. The second kappa shape index (κ2) is 6.61. The number of carboxylic acid groups (broad SMARTS) is 1. The minimum absolute atomic E-state index is 0.0730. The molecule has 94 valence electrons. The molecule has 1 aromatic rings. The van der Waals surface area contributed by atoms with Crippen LogP contribution in [0, 0.1) is 0 Å². The van der Waals surface area contributed by atoms with E-state index in [2.05, 4.69) is 9.55 Å². The van der Waals surface area contributed by atoms with Gasteiger partial charge in [0.1, 0.15) is 0 Å². The maximum atomic E-state index is 10.5. The molecule has 1 aliphatic rings. The molecule has 0 bridgehead atoms. The van der Waals surface area contributed by atoms with Gasteiger partial charge in [0, 0.05) is 41.4 Å². The Morgan fingerprint density at radius 1 is 1.65 bits per heavy atom. The van der Waals surface area contributed by atoms with Gasteiger partial charge in [-0.1, -0.05) is 11.8 Å². The van der Waals surface area contributed by atoms with Crippen LogP contribution >= 0.6 is 35.3 Å². The minimum Gasteiger partial charge on any atom is -0.481 e. The molecule has 1 aliphatic heterocycles. The van der Waals surface area contributed by atoms with Gasteiger partial charge < -0.3 is 9.67 Å². The fraction of sp³-hybridized carbons (Fsp3) is 0.600. The van der Waals surface area contributed by atoms with Crippen molar-refractivity contribution in [3.8, 4) is 0 Å². The fourth-order valence-electron chi connectivity index (χ4n) is 1.56. The Labute approximate surface area is 113 Å². The molecule has 0 aromatic carbocycles. The first-order chi connectivity index (χ1) is 8.25. The second-order valence-corrected chi connectivity index (χ2v) is 7.11. The van der Waals surface area contributed by atoms with Crippen LogP contribution < -0.4 is 0 Å². The Balaban J connectivity index is 1.91. The maximum Gasteiger partial charge on any atom is 0.313 e. The first-order valence-electron chi connectivity index (χ1n) is 5.31. The van der Waals surface area contributed by atoms with Crippen LogP contribution in [-0.2, 0) is 11.3 Å². The van der Waals surface area contributed by atoms with Crippen molar-refractivity contribution in [2.24, 2.45) is 0 Å². The van der Waals surface area contributed by atoms with Crippen molar-refractivity contribution in [2.45, 2.75) is 17.0 Å². The molecule has 0 spiro atoms. The van der Waals surface area contributed by atoms with Crippen LogP contribution in [0.1, 0.15) is 0 Å². The summed E-state index contributed by atoms with van der Waals surface area (Å²) < 4.78 is 2.07. The Kier molecular flexibility index (Phi) is 5.12. The van der Waals surface area contributed by atoms with Crippen molar-refractivity contribution in [2.75, 3.05) is 23.0 Å². The smallest absolute Gasteiger partial charge is 0.313 e. The SMILES string of the molecule is O=C(O)CSc1nccn1CC1CSCCS1. The molecule has 1 unspecified atom stereocenters. The van der Waals surface area contributed by atoms with E-state index in [9.17, 15) is 4.79 Å². The average Bonchev–Trinajstić information content (AvgIpc) is 2.75. The first kappa shape index (κ1) is 13.2. The van der Waals surface area contributed by atoms with Gasteiger partial charge in [0.05, 0.1) is 5.75 Å². The summed E-state index contributed by atoms with van der Waals surface area (Å²) in [5.41, 5.74) is 0. The lowest BCUT2D eigenvalue weighted by Gasteiger charge is -2.21. The predicted octanol–water partition coefficient (Wildman–Crippen LogP) is 1.91. The molecule has 1 fully saturated rings. The Morgan fingerprint density at radius 2 is 2.53 bits per heavy atom. The molecule has 4 nitrogen and oxygen atoms in total. The van der Waals surface area contributed by atoms with Crippen molar-refractivity contribution in [1.82, 2.24) is 9.55 Å². The van der Waals surface area contributed by atoms with Gasteiger partial charge in [-0.05, 0) is 0 Å². The van der Waals surface area contributed by atoms with Gasteiger partial charge in [-0.25, -0.2) is 4.98 Å². The molecule has 1 aromatic heterocycles. The van der Waals surface area contributed by atoms with E-state index >= 15 is 0 Å². The lowest BCUT2D eigenvalue weighted by molar-refractivity contribution is -0.133. The summed E-state index contributed by atoms with van der Waals surface area (Å²) in [7, 11) is 0. The summed E-state index contributed by atoms with van der Waals surface area (Å²) in [6.45, 7) is 0.930. The summed E-state index contributed by atoms with van der Waals surface area (Å²) in [5.74, 6) is 2.90. The Morgan fingerprint density at radius 3 is 3.24 bits per heavy atom. The number of hydrogen-bond donors (Lipinski definition) is 1. The molecule has 0 aliphatic carbocycles. The molecule has 17 heavy (non-hydrogen) atoms. The zero-order valence-electron chi connectivity index (χ0n) is 9.24. The van der Waals surface area contributed by atoms with E-state index in [-0.39, 0.29) is 5.75 Å². The highest BCUT2D eigenvalue weighted by Crippen LogP contribution is 2.26. The van der Waals surface area contributed by atoms with Gasteiger partial charge >= 0.3 is 5.97 Å². The van der Waals surface area contributed by atoms with Gasteiger partial charge in [0.15, 0.2) is 5.16 Å².